The van der Waals surface area contributed by atoms with Crippen LogP contribution in [0.15, 0.2) is 48.5 Å². The minimum Gasteiger partial charge on any atom is -0.457 e. The SMILES string of the molecule is CC(C)(C)c1cccc(Oc2ccc(CN3CCC[C@@H]3CO)cc2)c1.Cl. The van der Waals surface area contributed by atoms with Crippen LogP contribution in [-0.2, 0) is 12.0 Å². The topological polar surface area (TPSA) is 32.7 Å². The summed E-state index contributed by atoms with van der Waals surface area (Å²) in [5.74, 6) is 1.73. The number of aliphatic hydroxyl groups excluding tert-OH is 1. The molecule has 1 heterocycles. The van der Waals surface area contributed by atoms with Gasteiger partial charge in [-0.25, -0.2) is 0 Å². The number of aliphatic hydroxyl groups is 1. The van der Waals surface area contributed by atoms with E-state index in [2.05, 4.69) is 49.9 Å². The molecule has 0 amide bonds. The Hall–Kier alpha value is -1.55. The highest BCUT2D eigenvalue weighted by molar-refractivity contribution is 5.85. The molecule has 1 atom stereocenters. The molecule has 0 saturated carbocycles. The maximum absolute atomic E-state index is 9.44. The van der Waals surface area contributed by atoms with E-state index in [4.69, 9.17) is 4.74 Å². The van der Waals surface area contributed by atoms with Crippen molar-refractivity contribution in [2.75, 3.05) is 13.2 Å². The van der Waals surface area contributed by atoms with Crippen molar-refractivity contribution in [1.29, 1.82) is 0 Å². The Morgan fingerprint density at radius 1 is 1.08 bits per heavy atom. The van der Waals surface area contributed by atoms with E-state index < -0.39 is 0 Å². The number of ether oxygens (including phenoxy) is 1. The molecule has 3 rings (SSSR count). The average molecular weight is 376 g/mol. The van der Waals surface area contributed by atoms with Gasteiger partial charge in [0.15, 0.2) is 0 Å². The summed E-state index contributed by atoms with van der Waals surface area (Å²) in [6.45, 7) is 8.84. The number of hydrogen-bond donors (Lipinski definition) is 1. The summed E-state index contributed by atoms with van der Waals surface area (Å²) in [5, 5.41) is 9.44. The van der Waals surface area contributed by atoms with Crippen LogP contribution in [0.3, 0.4) is 0 Å². The molecule has 0 bridgehead atoms. The molecule has 1 saturated heterocycles. The molecule has 2 aromatic rings. The number of nitrogens with zero attached hydrogens (tertiary/aromatic N) is 1. The second kappa shape index (κ2) is 8.90. The lowest BCUT2D eigenvalue weighted by Crippen LogP contribution is -2.31. The number of hydrogen-bond acceptors (Lipinski definition) is 3. The van der Waals surface area contributed by atoms with Crippen molar-refractivity contribution in [2.45, 2.75) is 51.6 Å². The standard InChI is InChI=1S/C22H29NO2.ClH/c1-22(2,3)18-6-4-8-21(14-18)25-20-11-9-17(10-12-20)15-23-13-5-7-19(23)16-24;/h4,6,8-12,14,19,24H,5,7,13,15-16H2,1-3H3;1H/t19-;/m1./s1. The van der Waals surface area contributed by atoms with Crippen LogP contribution in [0.2, 0.25) is 0 Å². The summed E-state index contributed by atoms with van der Waals surface area (Å²) in [4.78, 5) is 2.36. The summed E-state index contributed by atoms with van der Waals surface area (Å²) < 4.78 is 6.03. The first-order chi connectivity index (χ1) is 12.0. The van der Waals surface area contributed by atoms with Crippen LogP contribution in [0.25, 0.3) is 0 Å². The first-order valence-electron chi connectivity index (χ1n) is 9.18. The second-order valence-electron chi connectivity index (χ2n) is 7.97. The minimum absolute atomic E-state index is 0. The van der Waals surface area contributed by atoms with Crippen molar-refractivity contribution >= 4 is 12.4 Å². The van der Waals surface area contributed by atoms with Gasteiger partial charge in [-0.3, -0.25) is 4.90 Å². The summed E-state index contributed by atoms with van der Waals surface area (Å²) in [7, 11) is 0. The second-order valence-corrected chi connectivity index (χ2v) is 7.97. The Morgan fingerprint density at radius 3 is 2.46 bits per heavy atom. The maximum atomic E-state index is 9.44. The van der Waals surface area contributed by atoms with Crippen LogP contribution in [-0.4, -0.2) is 29.2 Å². The maximum Gasteiger partial charge on any atom is 0.127 e. The van der Waals surface area contributed by atoms with Crippen LogP contribution in [0.5, 0.6) is 11.5 Å². The lowest BCUT2D eigenvalue weighted by atomic mass is 9.87. The molecule has 1 aliphatic rings. The average Bonchev–Trinajstić information content (AvgIpc) is 3.03. The van der Waals surface area contributed by atoms with E-state index in [1.165, 1.54) is 17.5 Å². The molecule has 1 fully saturated rings. The van der Waals surface area contributed by atoms with E-state index in [9.17, 15) is 5.11 Å². The van der Waals surface area contributed by atoms with Gasteiger partial charge in [0.1, 0.15) is 11.5 Å². The van der Waals surface area contributed by atoms with E-state index in [-0.39, 0.29) is 24.4 Å². The summed E-state index contributed by atoms with van der Waals surface area (Å²) in [5.41, 5.74) is 2.64. The number of likely N-dealkylation sites (tertiary alicyclic amines) is 1. The molecule has 1 N–H and O–H groups in total. The van der Waals surface area contributed by atoms with Gasteiger partial charge in [-0.1, -0.05) is 45.0 Å². The first-order valence-corrected chi connectivity index (χ1v) is 9.18. The predicted octanol–water partition coefficient (Wildman–Crippen LogP) is 5.15. The van der Waals surface area contributed by atoms with Gasteiger partial charge in [-0.05, 0) is 60.2 Å². The third-order valence-corrected chi connectivity index (χ3v) is 4.95. The molecule has 0 radical (unpaired) electrons. The van der Waals surface area contributed by atoms with E-state index >= 15 is 0 Å². The highest BCUT2D eigenvalue weighted by Crippen LogP contribution is 2.29. The van der Waals surface area contributed by atoms with Crippen LogP contribution >= 0.6 is 12.4 Å². The molecule has 0 aromatic heterocycles. The number of halogens is 1. The molecule has 0 aliphatic carbocycles. The van der Waals surface area contributed by atoms with Crippen LogP contribution < -0.4 is 4.74 Å². The zero-order chi connectivity index (χ0) is 17.9. The molecule has 142 valence electrons. The molecule has 2 aromatic carbocycles. The molecule has 0 spiro atoms. The smallest absolute Gasteiger partial charge is 0.127 e. The summed E-state index contributed by atoms with van der Waals surface area (Å²) >= 11 is 0. The van der Waals surface area contributed by atoms with Crippen LogP contribution in [0.1, 0.15) is 44.7 Å². The largest absolute Gasteiger partial charge is 0.457 e. The van der Waals surface area contributed by atoms with Gasteiger partial charge in [-0.15, -0.1) is 12.4 Å². The number of rotatable bonds is 5. The molecule has 3 nitrogen and oxygen atoms in total. The van der Waals surface area contributed by atoms with E-state index in [0.717, 1.165) is 31.0 Å². The Bertz CT molecular complexity index is 694. The normalized spacial score (nSPS) is 17.8. The summed E-state index contributed by atoms with van der Waals surface area (Å²) in [6, 6.07) is 16.9. The highest BCUT2D eigenvalue weighted by Gasteiger charge is 2.23. The molecule has 1 aliphatic heterocycles. The van der Waals surface area contributed by atoms with E-state index in [1.54, 1.807) is 0 Å². The van der Waals surface area contributed by atoms with Gasteiger partial charge in [-0.2, -0.15) is 0 Å². The van der Waals surface area contributed by atoms with Gasteiger partial charge >= 0.3 is 0 Å². The fourth-order valence-electron chi connectivity index (χ4n) is 3.37. The lowest BCUT2D eigenvalue weighted by Gasteiger charge is -2.22. The third-order valence-electron chi connectivity index (χ3n) is 4.95. The minimum atomic E-state index is 0. The van der Waals surface area contributed by atoms with E-state index in [0.29, 0.717) is 6.04 Å². The van der Waals surface area contributed by atoms with Gasteiger partial charge < -0.3 is 9.84 Å². The van der Waals surface area contributed by atoms with Crippen molar-refractivity contribution in [3.63, 3.8) is 0 Å². The fourth-order valence-corrected chi connectivity index (χ4v) is 3.37. The monoisotopic (exact) mass is 375 g/mol. The predicted molar refractivity (Wildman–Crippen MR) is 109 cm³/mol. The lowest BCUT2D eigenvalue weighted by molar-refractivity contribution is 0.153. The van der Waals surface area contributed by atoms with Gasteiger partial charge in [0.25, 0.3) is 0 Å². The molecule has 0 unspecified atom stereocenters. The first kappa shape index (κ1) is 20.8. The third kappa shape index (κ3) is 5.23. The molecule has 4 heteroatoms. The number of benzene rings is 2. The summed E-state index contributed by atoms with van der Waals surface area (Å²) in [6.07, 6.45) is 2.28. The van der Waals surface area contributed by atoms with Crippen molar-refractivity contribution < 1.29 is 9.84 Å². The Kier molecular flexibility index (Phi) is 7.10. The van der Waals surface area contributed by atoms with Crippen LogP contribution in [0, 0.1) is 0 Å². The molecular weight excluding hydrogens is 346 g/mol. The van der Waals surface area contributed by atoms with Crippen molar-refractivity contribution in [2.24, 2.45) is 0 Å². The van der Waals surface area contributed by atoms with Gasteiger partial charge in [0, 0.05) is 12.6 Å². The Morgan fingerprint density at radius 2 is 1.81 bits per heavy atom. The zero-order valence-corrected chi connectivity index (χ0v) is 16.8. The van der Waals surface area contributed by atoms with E-state index in [1.807, 2.05) is 24.3 Å². The zero-order valence-electron chi connectivity index (χ0n) is 15.9. The quantitative estimate of drug-likeness (QED) is 0.783. The van der Waals surface area contributed by atoms with Crippen molar-refractivity contribution in [1.82, 2.24) is 4.90 Å². The van der Waals surface area contributed by atoms with Crippen LogP contribution in [0.4, 0.5) is 0 Å². The highest BCUT2D eigenvalue weighted by atomic mass is 35.5. The van der Waals surface area contributed by atoms with Crippen molar-refractivity contribution in [3.8, 4) is 11.5 Å². The van der Waals surface area contributed by atoms with Gasteiger partial charge in [0.2, 0.25) is 0 Å². The van der Waals surface area contributed by atoms with Crippen molar-refractivity contribution in [3.05, 3.63) is 59.7 Å². The fraction of sp³-hybridized carbons (Fsp3) is 0.455. The molecular formula is C22H30ClNO2. The Balaban J connectivity index is 0.00000243. The molecule has 26 heavy (non-hydrogen) atoms. The Labute approximate surface area is 163 Å². The van der Waals surface area contributed by atoms with Gasteiger partial charge in [0.05, 0.1) is 6.61 Å².